The lowest BCUT2D eigenvalue weighted by Gasteiger charge is -2.31. The van der Waals surface area contributed by atoms with E-state index in [4.69, 9.17) is 19.2 Å². The summed E-state index contributed by atoms with van der Waals surface area (Å²) in [5, 5.41) is 0. The molecule has 0 aromatic heterocycles. The van der Waals surface area contributed by atoms with Gasteiger partial charge in [0.05, 0.1) is 6.61 Å². The van der Waals surface area contributed by atoms with Crippen LogP contribution in [0.3, 0.4) is 0 Å². The molecule has 134 valence electrons. The maximum Gasteiger partial charge on any atom is 0.214 e. The van der Waals surface area contributed by atoms with Crippen LogP contribution in [0.15, 0.2) is 65.7 Å². The first kappa shape index (κ1) is 19.2. The molecule has 0 radical (unpaired) electrons. The molecule has 2 rings (SSSR count). The zero-order valence-corrected chi connectivity index (χ0v) is 15.3. The summed E-state index contributed by atoms with van der Waals surface area (Å²) in [5.41, 5.74) is 0.951. The molecule has 0 aliphatic heterocycles. The highest BCUT2D eigenvalue weighted by Gasteiger charge is 2.35. The number of rotatable bonds is 9. The summed E-state index contributed by atoms with van der Waals surface area (Å²) in [6.07, 6.45) is 0. The molecular weight excluding hydrogens is 314 g/mol. The predicted molar refractivity (Wildman–Crippen MR) is 101 cm³/mol. The van der Waals surface area contributed by atoms with Crippen LogP contribution in [0.25, 0.3) is 0 Å². The molecule has 0 saturated carbocycles. The largest absolute Gasteiger partial charge is 0.480 e. The van der Waals surface area contributed by atoms with Crippen molar-refractivity contribution in [3.63, 3.8) is 0 Å². The van der Waals surface area contributed by atoms with Crippen molar-refractivity contribution < 1.29 is 14.2 Å². The molecule has 0 heterocycles. The van der Waals surface area contributed by atoms with E-state index in [0.717, 1.165) is 11.1 Å². The summed E-state index contributed by atoms with van der Waals surface area (Å²) in [6.45, 7) is 7.82. The molecule has 0 aliphatic rings. The van der Waals surface area contributed by atoms with Crippen molar-refractivity contribution in [2.75, 3.05) is 26.4 Å². The van der Waals surface area contributed by atoms with Crippen LogP contribution < -0.4 is 0 Å². The molecule has 0 aliphatic carbocycles. The fourth-order valence-electron chi connectivity index (χ4n) is 2.67. The molecule has 0 unspecified atom stereocenters. The van der Waals surface area contributed by atoms with Crippen molar-refractivity contribution in [3.05, 3.63) is 71.8 Å². The van der Waals surface area contributed by atoms with Crippen LogP contribution in [0.5, 0.6) is 0 Å². The zero-order chi connectivity index (χ0) is 18.0. The maximum absolute atomic E-state index is 6.24. The number of hydrogen-bond donors (Lipinski definition) is 0. The van der Waals surface area contributed by atoms with E-state index in [9.17, 15) is 0 Å². The average Bonchev–Trinajstić information content (AvgIpc) is 2.67. The van der Waals surface area contributed by atoms with Crippen molar-refractivity contribution in [2.45, 2.75) is 26.5 Å². The first-order valence-electron chi connectivity index (χ1n) is 8.81. The summed E-state index contributed by atoms with van der Waals surface area (Å²) in [6, 6.07) is 20.0. The van der Waals surface area contributed by atoms with Gasteiger partial charge in [-0.15, -0.1) is 0 Å². The Balaban J connectivity index is 2.60. The van der Waals surface area contributed by atoms with Gasteiger partial charge in [0, 0.05) is 24.3 Å². The molecule has 4 nitrogen and oxygen atoms in total. The van der Waals surface area contributed by atoms with Gasteiger partial charge in [-0.1, -0.05) is 60.7 Å². The summed E-state index contributed by atoms with van der Waals surface area (Å²) < 4.78 is 17.5. The maximum atomic E-state index is 6.24. The molecule has 0 spiro atoms. The van der Waals surface area contributed by atoms with Gasteiger partial charge in [-0.3, -0.25) is 0 Å². The molecule has 4 heteroatoms. The van der Waals surface area contributed by atoms with E-state index >= 15 is 0 Å². The van der Waals surface area contributed by atoms with E-state index in [1.165, 1.54) is 0 Å². The van der Waals surface area contributed by atoms with Crippen molar-refractivity contribution >= 4 is 5.90 Å². The molecule has 2 aromatic rings. The van der Waals surface area contributed by atoms with Crippen molar-refractivity contribution in [2.24, 2.45) is 4.99 Å². The molecular formula is C21H27NO3. The minimum atomic E-state index is -0.959. The first-order chi connectivity index (χ1) is 12.3. The van der Waals surface area contributed by atoms with Gasteiger partial charge < -0.3 is 14.2 Å². The third-order valence-corrected chi connectivity index (χ3v) is 3.71. The van der Waals surface area contributed by atoms with Gasteiger partial charge in [0.1, 0.15) is 6.61 Å². The summed E-state index contributed by atoms with van der Waals surface area (Å²) >= 11 is 0. The Morgan fingerprint density at radius 1 is 0.800 bits per heavy atom. The number of aliphatic imine (C=N–C) groups is 1. The van der Waals surface area contributed by atoms with Gasteiger partial charge in [-0.25, -0.2) is 4.99 Å². The van der Waals surface area contributed by atoms with Gasteiger partial charge in [-0.05, 0) is 20.8 Å². The van der Waals surface area contributed by atoms with E-state index in [1.807, 2.05) is 81.4 Å². The SMILES string of the molecule is CCOC/C(=N/C(OCC)(c1ccccc1)c1ccccc1)OCC. The molecule has 0 fully saturated rings. The van der Waals surface area contributed by atoms with E-state index < -0.39 is 5.72 Å². The highest BCUT2D eigenvalue weighted by molar-refractivity contribution is 5.78. The number of nitrogens with zero attached hydrogens (tertiary/aromatic N) is 1. The van der Waals surface area contributed by atoms with Crippen LogP contribution in [-0.2, 0) is 19.9 Å². The monoisotopic (exact) mass is 341 g/mol. The second kappa shape index (κ2) is 9.97. The Kier molecular flexibility index (Phi) is 7.64. The van der Waals surface area contributed by atoms with Crippen LogP contribution >= 0.6 is 0 Å². The van der Waals surface area contributed by atoms with Gasteiger partial charge in [0.25, 0.3) is 0 Å². The molecule has 2 aromatic carbocycles. The van der Waals surface area contributed by atoms with Crippen LogP contribution in [0.1, 0.15) is 31.9 Å². The molecule has 0 amide bonds. The normalized spacial score (nSPS) is 12.2. The lowest BCUT2D eigenvalue weighted by molar-refractivity contribution is -0.00689. The Bertz CT molecular complexity index is 601. The molecule has 0 bridgehead atoms. The number of benzene rings is 2. The molecule has 0 atom stereocenters. The van der Waals surface area contributed by atoms with Crippen LogP contribution in [0, 0.1) is 0 Å². The van der Waals surface area contributed by atoms with Crippen molar-refractivity contribution in [1.29, 1.82) is 0 Å². The second-order valence-corrected chi connectivity index (χ2v) is 5.38. The van der Waals surface area contributed by atoms with E-state index in [2.05, 4.69) is 0 Å². The van der Waals surface area contributed by atoms with E-state index in [-0.39, 0.29) is 0 Å². The van der Waals surface area contributed by atoms with E-state index in [0.29, 0.717) is 32.3 Å². The van der Waals surface area contributed by atoms with Crippen LogP contribution in [-0.4, -0.2) is 32.3 Å². The summed E-state index contributed by atoms with van der Waals surface area (Å²) in [5.74, 6) is 0.533. The van der Waals surface area contributed by atoms with Gasteiger partial charge in [0.15, 0.2) is 0 Å². The molecule has 0 N–H and O–H groups in total. The lowest BCUT2D eigenvalue weighted by Crippen LogP contribution is -2.32. The number of hydrogen-bond acceptors (Lipinski definition) is 4. The lowest BCUT2D eigenvalue weighted by atomic mass is 9.94. The van der Waals surface area contributed by atoms with Gasteiger partial charge in [0.2, 0.25) is 11.6 Å². The van der Waals surface area contributed by atoms with E-state index in [1.54, 1.807) is 0 Å². The van der Waals surface area contributed by atoms with Gasteiger partial charge in [-0.2, -0.15) is 0 Å². The van der Waals surface area contributed by atoms with Crippen molar-refractivity contribution in [3.8, 4) is 0 Å². The third-order valence-electron chi connectivity index (χ3n) is 3.71. The standard InChI is InChI=1S/C21H27NO3/c1-4-23-17-20(24-5-2)22-21(25-6-3,18-13-9-7-10-14-18)19-15-11-8-12-16-19/h7-16H,4-6,17H2,1-3H3/b22-20-. The highest BCUT2D eigenvalue weighted by Crippen LogP contribution is 2.35. The molecule has 25 heavy (non-hydrogen) atoms. The Morgan fingerprint density at radius 2 is 1.36 bits per heavy atom. The fourth-order valence-corrected chi connectivity index (χ4v) is 2.67. The first-order valence-corrected chi connectivity index (χ1v) is 8.81. The fraction of sp³-hybridized carbons (Fsp3) is 0.381. The quantitative estimate of drug-likeness (QED) is 0.501. The minimum Gasteiger partial charge on any atom is -0.480 e. The third kappa shape index (κ3) is 4.91. The Labute approximate surface area is 150 Å². The minimum absolute atomic E-state index is 0.318. The smallest absolute Gasteiger partial charge is 0.214 e. The number of ether oxygens (including phenoxy) is 3. The topological polar surface area (TPSA) is 40.0 Å². The van der Waals surface area contributed by atoms with Gasteiger partial charge >= 0.3 is 0 Å². The predicted octanol–water partition coefficient (Wildman–Crippen LogP) is 4.40. The van der Waals surface area contributed by atoms with Crippen LogP contribution in [0.2, 0.25) is 0 Å². The summed E-state index contributed by atoms with van der Waals surface area (Å²) in [7, 11) is 0. The Morgan fingerprint density at radius 3 is 1.80 bits per heavy atom. The average molecular weight is 341 g/mol. The summed E-state index contributed by atoms with van der Waals surface area (Å²) in [4.78, 5) is 4.91. The zero-order valence-electron chi connectivity index (χ0n) is 15.3. The van der Waals surface area contributed by atoms with Crippen LogP contribution in [0.4, 0.5) is 0 Å². The molecule has 0 saturated heterocycles. The highest BCUT2D eigenvalue weighted by atomic mass is 16.5. The Hall–Kier alpha value is -2.17. The second-order valence-electron chi connectivity index (χ2n) is 5.38. The van der Waals surface area contributed by atoms with Crippen molar-refractivity contribution in [1.82, 2.24) is 0 Å².